The number of carbonyl (C=O) groups excluding carboxylic acids is 1. The van der Waals surface area contributed by atoms with Crippen molar-refractivity contribution in [2.45, 2.75) is 31.6 Å². The lowest BCUT2D eigenvalue weighted by atomic mass is 10.0. The Morgan fingerprint density at radius 3 is 2.61 bits per heavy atom. The molecule has 2 aromatic rings. The second-order valence-electron chi connectivity index (χ2n) is 7.34. The Morgan fingerprint density at radius 1 is 1.21 bits per heavy atom. The van der Waals surface area contributed by atoms with E-state index in [0.29, 0.717) is 29.7 Å². The highest BCUT2D eigenvalue weighted by molar-refractivity contribution is 7.92. The topological polar surface area (TPSA) is 57.7 Å². The fourth-order valence-corrected chi connectivity index (χ4v) is 5.17. The lowest BCUT2D eigenvalue weighted by Crippen LogP contribution is -2.46. The molecule has 28 heavy (non-hydrogen) atoms. The molecule has 0 unspecified atom stereocenters. The predicted octanol–water partition coefficient (Wildman–Crippen LogP) is 4.10. The minimum atomic E-state index is -3.91. The van der Waals surface area contributed by atoms with E-state index in [4.69, 9.17) is 11.6 Å². The molecule has 5 nitrogen and oxygen atoms in total. The summed E-state index contributed by atoms with van der Waals surface area (Å²) in [6, 6.07) is 13.2. The monoisotopic (exact) mass is 420 g/mol. The van der Waals surface area contributed by atoms with Gasteiger partial charge in [-0.2, -0.15) is 0 Å². The van der Waals surface area contributed by atoms with Gasteiger partial charge >= 0.3 is 0 Å². The second-order valence-corrected chi connectivity index (χ2v) is 9.64. The van der Waals surface area contributed by atoms with Crippen LogP contribution in [0.5, 0.6) is 0 Å². The maximum atomic E-state index is 13.4. The fraction of sp³-hybridized carbons (Fsp3) is 0.381. The molecule has 150 valence electrons. The average Bonchev–Trinajstić information content (AvgIpc) is 2.68. The summed E-state index contributed by atoms with van der Waals surface area (Å²) in [5, 5.41) is 0.424. The normalized spacial score (nSPS) is 17.4. The van der Waals surface area contributed by atoms with E-state index < -0.39 is 10.0 Å². The van der Waals surface area contributed by atoms with Crippen molar-refractivity contribution in [2.75, 3.05) is 23.9 Å². The van der Waals surface area contributed by atoms with Crippen molar-refractivity contribution >= 4 is 33.2 Å². The number of halogens is 1. The first-order valence-electron chi connectivity index (χ1n) is 9.41. The van der Waals surface area contributed by atoms with Gasteiger partial charge in [-0.1, -0.05) is 42.8 Å². The van der Waals surface area contributed by atoms with Gasteiger partial charge in [-0.3, -0.25) is 9.10 Å². The standard InChI is InChI=1S/C21H25ClN2O3S/c1-16-7-6-12-23(14-16)21(25)15-24(20-13-18(22)11-10-17(20)2)28(26,27)19-8-4-3-5-9-19/h3-5,8-11,13,16H,6-7,12,14-15H2,1-2H3/t16-/m1/s1. The number of piperidine rings is 1. The summed E-state index contributed by atoms with van der Waals surface area (Å²) in [5.41, 5.74) is 1.17. The minimum Gasteiger partial charge on any atom is -0.341 e. The molecule has 0 radical (unpaired) electrons. The molecule has 1 fully saturated rings. The molecule has 0 N–H and O–H groups in total. The van der Waals surface area contributed by atoms with Crippen LogP contribution in [0.25, 0.3) is 0 Å². The van der Waals surface area contributed by atoms with E-state index in [1.54, 1.807) is 41.3 Å². The first-order valence-corrected chi connectivity index (χ1v) is 11.2. The summed E-state index contributed by atoms with van der Waals surface area (Å²) < 4.78 is 28.0. The van der Waals surface area contributed by atoms with Crippen molar-refractivity contribution in [1.82, 2.24) is 4.90 Å². The maximum Gasteiger partial charge on any atom is 0.264 e. The van der Waals surface area contributed by atoms with Crippen LogP contribution in [-0.4, -0.2) is 38.9 Å². The molecule has 2 aromatic carbocycles. The molecule has 1 aliphatic heterocycles. The summed E-state index contributed by atoms with van der Waals surface area (Å²) >= 11 is 6.14. The highest BCUT2D eigenvalue weighted by atomic mass is 35.5. The van der Waals surface area contributed by atoms with E-state index in [-0.39, 0.29) is 17.3 Å². The zero-order valence-electron chi connectivity index (χ0n) is 16.1. The number of hydrogen-bond acceptors (Lipinski definition) is 3. The lowest BCUT2D eigenvalue weighted by Gasteiger charge is -2.33. The smallest absolute Gasteiger partial charge is 0.264 e. The molecule has 1 saturated heterocycles. The molecule has 0 saturated carbocycles. The zero-order chi connectivity index (χ0) is 20.3. The first-order chi connectivity index (χ1) is 13.3. The molecular weight excluding hydrogens is 396 g/mol. The highest BCUT2D eigenvalue weighted by Crippen LogP contribution is 2.30. The SMILES string of the molecule is Cc1ccc(Cl)cc1N(CC(=O)N1CCC[C@@H](C)C1)S(=O)(=O)c1ccccc1. The van der Waals surface area contributed by atoms with Crippen molar-refractivity contribution < 1.29 is 13.2 Å². The van der Waals surface area contributed by atoms with E-state index >= 15 is 0 Å². The van der Waals surface area contributed by atoms with Gasteiger partial charge < -0.3 is 4.90 Å². The highest BCUT2D eigenvalue weighted by Gasteiger charge is 2.31. The van der Waals surface area contributed by atoms with Crippen molar-refractivity contribution in [3.63, 3.8) is 0 Å². The van der Waals surface area contributed by atoms with Crippen LogP contribution in [0.15, 0.2) is 53.4 Å². The van der Waals surface area contributed by atoms with Gasteiger partial charge in [0.15, 0.2) is 0 Å². The molecule has 1 amide bonds. The zero-order valence-corrected chi connectivity index (χ0v) is 17.7. The Morgan fingerprint density at radius 2 is 1.93 bits per heavy atom. The van der Waals surface area contributed by atoms with E-state index in [0.717, 1.165) is 18.4 Å². The van der Waals surface area contributed by atoms with Crippen molar-refractivity contribution in [3.05, 3.63) is 59.1 Å². The third kappa shape index (κ3) is 4.50. The number of sulfonamides is 1. The number of likely N-dealkylation sites (tertiary alicyclic amines) is 1. The van der Waals surface area contributed by atoms with Crippen LogP contribution in [0.2, 0.25) is 5.02 Å². The summed E-state index contributed by atoms with van der Waals surface area (Å²) in [5.74, 6) is 0.232. The molecule has 0 spiro atoms. The van der Waals surface area contributed by atoms with Crippen LogP contribution in [0, 0.1) is 12.8 Å². The Balaban J connectivity index is 2.00. The third-order valence-corrected chi connectivity index (χ3v) is 7.07. The molecule has 0 bridgehead atoms. The molecule has 1 atom stereocenters. The van der Waals surface area contributed by atoms with Crippen LogP contribution >= 0.6 is 11.6 Å². The van der Waals surface area contributed by atoms with Crippen LogP contribution in [0.1, 0.15) is 25.3 Å². The van der Waals surface area contributed by atoms with Crippen LogP contribution < -0.4 is 4.31 Å². The largest absolute Gasteiger partial charge is 0.341 e. The van der Waals surface area contributed by atoms with Crippen molar-refractivity contribution in [3.8, 4) is 0 Å². The van der Waals surface area contributed by atoms with E-state index in [1.165, 1.54) is 16.4 Å². The third-order valence-electron chi connectivity index (χ3n) is 5.06. The molecule has 0 aromatic heterocycles. The number of carbonyl (C=O) groups is 1. The summed E-state index contributed by atoms with van der Waals surface area (Å²) in [6.45, 7) is 5.00. The molecular formula is C21H25ClN2O3S. The van der Waals surface area contributed by atoms with E-state index in [1.807, 2.05) is 6.92 Å². The van der Waals surface area contributed by atoms with Gasteiger partial charge in [0, 0.05) is 18.1 Å². The van der Waals surface area contributed by atoms with Crippen molar-refractivity contribution in [2.24, 2.45) is 5.92 Å². The van der Waals surface area contributed by atoms with Gasteiger partial charge in [-0.05, 0) is 55.5 Å². The summed E-state index contributed by atoms with van der Waals surface area (Å²) in [7, 11) is -3.91. The molecule has 7 heteroatoms. The van der Waals surface area contributed by atoms with Crippen molar-refractivity contribution in [1.29, 1.82) is 0 Å². The quantitative estimate of drug-likeness (QED) is 0.731. The van der Waals surface area contributed by atoms with Gasteiger partial charge in [0.25, 0.3) is 10.0 Å². The lowest BCUT2D eigenvalue weighted by molar-refractivity contribution is -0.131. The number of benzene rings is 2. The Hall–Kier alpha value is -2.05. The van der Waals surface area contributed by atoms with Crippen LogP contribution in [0.4, 0.5) is 5.69 Å². The Kier molecular flexibility index (Phi) is 6.30. The van der Waals surface area contributed by atoms with Crippen LogP contribution in [-0.2, 0) is 14.8 Å². The molecule has 1 aliphatic rings. The van der Waals surface area contributed by atoms with Gasteiger partial charge in [-0.15, -0.1) is 0 Å². The second kappa shape index (κ2) is 8.53. The maximum absolute atomic E-state index is 13.4. The van der Waals surface area contributed by atoms with Gasteiger partial charge in [-0.25, -0.2) is 8.42 Å². The number of nitrogens with zero attached hydrogens (tertiary/aromatic N) is 2. The molecule has 1 heterocycles. The Labute approximate surface area is 172 Å². The molecule has 3 rings (SSSR count). The fourth-order valence-electron chi connectivity index (χ4n) is 3.51. The van der Waals surface area contributed by atoms with Crippen LogP contribution in [0.3, 0.4) is 0 Å². The van der Waals surface area contributed by atoms with Gasteiger partial charge in [0.05, 0.1) is 10.6 Å². The van der Waals surface area contributed by atoms with Gasteiger partial charge in [0.2, 0.25) is 5.91 Å². The number of amides is 1. The number of hydrogen-bond donors (Lipinski definition) is 0. The number of rotatable bonds is 5. The number of anilines is 1. The minimum absolute atomic E-state index is 0.147. The molecule has 0 aliphatic carbocycles. The number of aryl methyl sites for hydroxylation is 1. The first kappa shape index (κ1) is 20.7. The van der Waals surface area contributed by atoms with E-state index in [9.17, 15) is 13.2 Å². The predicted molar refractivity (Wildman–Crippen MR) is 112 cm³/mol. The summed E-state index contributed by atoms with van der Waals surface area (Å²) in [6.07, 6.45) is 2.03. The summed E-state index contributed by atoms with van der Waals surface area (Å²) in [4.78, 5) is 14.9. The van der Waals surface area contributed by atoms with E-state index in [2.05, 4.69) is 6.92 Å². The Bertz CT molecular complexity index is 947. The van der Waals surface area contributed by atoms with Gasteiger partial charge in [0.1, 0.15) is 6.54 Å². The average molecular weight is 421 g/mol.